The Kier molecular flexibility index (Phi) is 3.83. The molecule has 0 bridgehead atoms. The predicted molar refractivity (Wildman–Crippen MR) is 117 cm³/mol. The van der Waals surface area contributed by atoms with E-state index in [1.807, 2.05) is 43.5 Å². The summed E-state index contributed by atoms with van der Waals surface area (Å²) in [7, 11) is 4.01. The maximum absolute atomic E-state index is 4.48. The topological polar surface area (TPSA) is 44.8 Å². The molecule has 0 saturated heterocycles. The van der Waals surface area contributed by atoms with Gasteiger partial charge in [-0.3, -0.25) is 4.98 Å². The number of H-pyrrole nitrogens is 1. The average Bonchev–Trinajstić information content (AvgIpc) is 3.17. The Morgan fingerprint density at radius 1 is 0.786 bits per heavy atom. The highest BCUT2D eigenvalue weighted by molar-refractivity contribution is 5.97. The maximum Gasteiger partial charge on any atom is 0.128 e. The van der Waals surface area contributed by atoms with Gasteiger partial charge in [0.2, 0.25) is 0 Å². The largest absolute Gasteiger partial charge is 0.363 e. The quantitative estimate of drug-likeness (QED) is 0.459. The molecular weight excluding hydrogens is 344 g/mol. The number of benzene rings is 2. The van der Waals surface area contributed by atoms with Crippen molar-refractivity contribution in [3.63, 3.8) is 0 Å². The molecule has 28 heavy (non-hydrogen) atoms. The molecule has 0 aliphatic carbocycles. The van der Waals surface area contributed by atoms with Gasteiger partial charge in [0, 0.05) is 54.0 Å². The highest BCUT2D eigenvalue weighted by Gasteiger charge is 2.09. The van der Waals surface area contributed by atoms with Crippen molar-refractivity contribution in [1.82, 2.24) is 15.0 Å². The van der Waals surface area contributed by atoms with Crippen molar-refractivity contribution >= 4 is 27.6 Å². The molecular formula is C24H20N4. The van der Waals surface area contributed by atoms with Crippen molar-refractivity contribution in [3.05, 3.63) is 79.1 Å². The molecule has 3 aromatic heterocycles. The number of rotatable bonds is 3. The van der Waals surface area contributed by atoms with E-state index >= 15 is 0 Å². The number of hydrogen-bond donors (Lipinski definition) is 1. The van der Waals surface area contributed by atoms with E-state index in [9.17, 15) is 0 Å². The number of pyridine rings is 2. The van der Waals surface area contributed by atoms with Crippen molar-refractivity contribution < 1.29 is 0 Å². The van der Waals surface area contributed by atoms with E-state index in [-0.39, 0.29) is 0 Å². The van der Waals surface area contributed by atoms with Gasteiger partial charge in [-0.2, -0.15) is 0 Å². The van der Waals surface area contributed by atoms with E-state index in [0.717, 1.165) is 28.1 Å². The Hall–Kier alpha value is -3.66. The van der Waals surface area contributed by atoms with Crippen LogP contribution in [0.5, 0.6) is 0 Å². The van der Waals surface area contributed by atoms with Gasteiger partial charge < -0.3 is 9.88 Å². The van der Waals surface area contributed by atoms with Crippen LogP contribution in [0.4, 0.5) is 5.82 Å². The van der Waals surface area contributed by atoms with Crippen molar-refractivity contribution in [2.75, 3.05) is 19.0 Å². The first kappa shape index (κ1) is 16.5. The lowest BCUT2D eigenvalue weighted by Gasteiger charge is -2.11. The fraction of sp³-hybridized carbons (Fsp3) is 0.0833. The van der Waals surface area contributed by atoms with E-state index in [1.165, 1.54) is 21.9 Å². The van der Waals surface area contributed by atoms with Crippen LogP contribution in [0.2, 0.25) is 0 Å². The third-order valence-corrected chi connectivity index (χ3v) is 5.10. The van der Waals surface area contributed by atoms with Crippen LogP contribution in [0.25, 0.3) is 44.2 Å². The lowest BCUT2D eigenvalue weighted by Crippen LogP contribution is -2.10. The number of anilines is 1. The van der Waals surface area contributed by atoms with Crippen molar-refractivity contribution in [3.8, 4) is 22.4 Å². The van der Waals surface area contributed by atoms with Gasteiger partial charge in [-0.1, -0.05) is 24.3 Å². The molecule has 0 atom stereocenters. The Morgan fingerprint density at radius 3 is 2.54 bits per heavy atom. The van der Waals surface area contributed by atoms with Crippen molar-refractivity contribution in [2.45, 2.75) is 0 Å². The summed E-state index contributed by atoms with van der Waals surface area (Å²) in [6.07, 6.45) is 3.73. The fourth-order valence-electron chi connectivity index (χ4n) is 3.63. The zero-order valence-electron chi connectivity index (χ0n) is 15.8. The summed E-state index contributed by atoms with van der Waals surface area (Å²) in [5.74, 6) is 0.945. The highest BCUT2D eigenvalue weighted by atomic mass is 15.1. The summed E-state index contributed by atoms with van der Waals surface area (Å²) >= 11 is 0. The molecule has 0 aliphatic heterocycles. The molecule has 0 saturated carbocycles. The van der Waals surface area contributed by atoms with Crippen LogP contribution >= 0.6 is 0 Å². The molecule has 5 aromatic rings. The van der Waals surface area contributed by atoms with Crippen LogP contribution in [0.15, 0.2) is 79.1 Å². The molecule has 2 aromatic carbocycles. The van der Waals surface area contributed by atoms with Crippen LogP contribution in [0.3, 0.4) is 0 Å². The van der Waals surface area contributed by atoms with Crippen LogP contribution in [0.1, 0.15) is 0 Å². The first-order valence-electron chi connectivity index (χ1n) is 9.30. The number of fused-ring (bicyclic) bond motifs is 2. The smallest absolute Gasteiger partial charge is 0.128 e. The number of hydrogen-bond acceptors (Lipinski definition) is 3. The van der Waals surface area contributed by atoms with Gasteiger partial charge in [0.25, 0.3) is 0 Å². The molecule has 4 nitrogen and oxygen atoms in total. The monoisotopic (exact) mass is 364 g/mol. The van der Waals surface area contributed by atoms with Gasteiger partial charge in [0.05, 0.1) is 5.52 Å². The van der Waals surface area contributed by atoms with Gasteiger partial charge >= 0.3 is 0 Å². The molecule has 0 radical (unpaired) electrons. The molecule has 3 heterocycles. The Bertz CT molecular complexity index is 1300. The molecule has 0 unspecified atom stereocenters. The second kappa shape index (κ2) is 6.50. The second-order valence-electron chi connectivity index (χ2n) is 7.16. The predicted octanol–water partition coefficient (Wildman–Crippen LogP) is 5.51. The van der Waals surface area contributed by atoms with Crippen LogP contribution in [-0.2, 0) is 0 Å². The van der Waals surface area contributed by atoms with Crippen LogP contribution in [-0.4, -0.2) is 29.0 Å². The summed E-state index contributed by atoms with van der Waals surface area (Å²) < 4.78 is 0. The SMILES string of the molecule is CN(C)c1cc(-c2cc3cc(-c4ccnc5ccccc45)ccc3[nH]2)ccn1. The third kappa shape index (κ3) is 2.79. The van der Waals surface area contributed by atoms with Gasteiger partial charge in [0.1, 0.15) is 5.82 Å². The van der Waals surface area contributed by atoms with E-state index in [0.29, 0.717) is 0 Å². The molecule has 4 heteroatoms. The minimum absolute atomic E-state index is 0.945. The molecule has 0 spiro atoms. The van der Waals surface area contributed by atoms with Gasteiger partial charge in [-0.15, -0.1) is 0 Å². The third-order valence-electron chi connectivity index (χ3n) is 5.10. The minimum atomic E-state index is 0.945. The fourth-order valence-corrected chi connectivity index (χ4v) is 3.63. The first-order valence-corrected chi connectivity index (χ1v) is 9.30. The van der Waals surface area contributed by atoms with E-state index in [2.05, 4.69) is 69.5 Å². The second-order valence-corrected chi connectivity index (χ2v) is 7.16. The summed E-state index contributed by atoms with van der Waals surface area (Å²) in [5, 5.41) is 2.36. The molecule has 136 valence electrons. The maximum atomic E-state index is 4.48. The lowest BCUT2D eigenvalue weighted by molar-refractivity contribution is 1.07. The van der Waals surface area contributed by atoms with Gasteiger partial charge in [0.15, 0.2) is 0 Å². The molecule has 0 amide bonds. The zero-order chi connectivity index (χ0) is 19.1. The zero-order valence-corrected chi connectivity index (χ0v) is 15.8. The molecule has 0 fully saturated rings. The number of aromatic amines is 1. The van der Waals surface area contributed by atoms with E-state index in [4.69, 9.17) is 0 Å². The highest BCUT2D eigenvalue weighted by Crippen LogP contribution is 2.32. The summed E-state index contributed by atoms with van der Waals surface area (Å²) in [6.45, 7) is 0. The lowest BCUT2D eigenvalue weighted by atomic mass is 10.0. The van der Waals surface area contributed by atoms with E-state index < -0.39 is 0 Å². The number of aromatic nitrogens is 3. The minimum Gasteiger partial charge on any atom is -0.363 e. The number of nitrogens with one attached hydrogen (secondary N) is 1. The molecule has 5 rings (SSSR count). The van der Waals surface area contributed by atoms with Crippen LogP contribution < -0.4 is 4.90 Å². The first-order chi connectivity index (χ1) is 13.7. The average molecular weight is 364 g/mol. The summed E-state index contributed by atoms with van der Waals surface area (Å²) in [6, 6.07) is 23.3. The Labute approximate surface area is 163 Å². The van der Waals surface area contributed by atoms with Crippen LogP contribution in [0, 0.1) is 0 Å². The Balaban J connectivity index is 1.62. The normalized spacial score (nSPS) is 11.2. The molecule has 1 N–H and O–H groups in total. The molecule has 0 aliphatic rings. The van der Waals surface area contributed by atoms with Gasteiger partial charge in [-0.05, 0) is 53.6 Å². The van der Waals surface area contributed by atoms with E-state index in [1.54, 1.807) is 0 Å². The summed E-state index contributed by atoms with van der Waals surface area (Å²) in [4.78, 5) is 14.4. The number of nitrogens with zero attached hydrogens (tertiary/aromatic N) is 3. The van der Waals surface area contributed by atoms with Gasteiger partial charge in [-0.25, -0.2) is 4.98 Å². The standard InChI is InChI=1S/C24H20N4/c1-28(2)24-15-17(9-11-26-24)23-14-18-13-16(7-8-21(18)27-23)19-10-12-25-22-6-4-3-5-20(19)22/h3-15,27H,1-2H3. The van der Waals surface area contributed by atoms with Crippen molar-refractivity contribution in [1.29, 1.82) is 0 Å². The summed E-state index contributed by atoms with van der Waals surface area (Å²) in [5.41, 5.74) is 6.76. The Morgan fingerprint density at radius 2 is 1.64 bits per heavy atom. The number of para-hydroxylation sites is 1. The van der Waals surface area contributed by atoms with Crippen molar-refractivity contribution in [2.24, 2.45) is 0 Å².